The van der Waals surface area contributed by atoms with Crippen LogP contribution in [0.25, 0.3) is 5.69 Å². The number of hydrogen-bond donors (Lipinski definition) is 1. The Morgan fingerprint density at radius 2 is 2.07 bits per heavy atom. The predicted molar refractivity (Wildman–Crippen MR) is 104 cm³/mol. The topological polar surface area (TPSA) is 69.0 Å². The smallest absolute Gasteiger partial charge is 0.255 e. The molecule has 1 aromatic carbocycles. The van der Waals surface area contributed by atoms with Crippen LogP contribution in [0.3, 0.4) is 0 Å². The highest BCUT2D eigenvalue weighted by Gasteiger charge is 2.15. The normalized spacial score (nSPS) is 10.9. The van der Waals surface area contributed by atoms with Gasteiger partial charge < -0.3 is 10.1 Å². The number of halogens is 1. The zero-order valence-electron chi connectivity index (χ0n) is 15.4. The molecule has 6 nitrogen and oxygen atoms in total. The second kappa shape index (κ2) is 8.22. The van der Waals surface area contributed by atoms with Crippen LogP contribution < -0.4 is 10.1 Å². The summed E-state index contributed by atoms with van der Waals surface area (Å²) in [5.74, 6) is 0.377. The number of hydrogen-bond acceptors (Lipinski definition) is 4. The van der Waals surface area contributed by atoms with Crippen LogP contribution in [-0.4, -0.2) is 26.8 Å². The molecule has 0 fully saturated rings. The molecule has 0 radical (unpaired) electrons. The summed E-state index contributed by atoms with van der Waals surface area (Å²) in [6, 6.07) is 11.0. The number of pyridine rings is 1. The van der Waals surface area contributed by atoms with Gasteiger partial charge >= 0.3 is 0 Å². The van der Waals surface area contributed by atoms with Crippen molar-refractivity contribution < 1.29 is 9.53 Å². The monoisotopic (exact) mass is 384 g/mol. The van der Waals surface area contributed by atoms with Gasteiger partial charge in [-0.15, -0.1) is 0 Å². The number of aromatic nitrogens is 3. The van der Waals surface area contributed by atoms with E-state index in [0.29, 0.717) is 23.0 Å². The molecule has 27 heavy (non-hydrogen) atoms. The molecule has 0 aliphatic heterocycles. The van der Waals surface area contributed by atoms with Gasteiger partial charge in [-0.25, -0.2) is 9.67 Å². The van der Waals surface area contributed by atoms with Crippen LogP contribution in [0.1, 0.15) is 35.5 Å². The molecule has 0 saturated carbocycles. The molecular formula is C20H21ClN4O2. The second-order valence-corrected chi connectivity index (χ2v) is 6.83. The minimum atomic E-state index is -0.191. The molecule has 0 spiro atoms. The van der Waals surface area contributed by atoms with Gasteiger partial charge in [-0.05, 0) is 44.5 Å². The molecule has 3 aromatic rings. The maximum Gasteiger partial charge on any atom is 0.255 e. The van der Waals surface area contributed by atoms with Gasteiger partial charge in [0.05, 0.1) is 29.2 Å². The fourth-order valence-corrected chi connectivity index (χ4v) is 2.79. The SMILES string of the molecule is Cc1c(C(=O)NCc2ccc(OC(C)C)nc2)cnn1-c1cccc(Cl)c1. The lowest BCUT2D eigenvalue weighted by molar-refractivity contribution is 0.0950. The molecule has 0 saturated heterocycles. The van der Waals surface area contributed by atoms with E-state index >= 15 is 0 Å². The van der Waals surface area contributed by atoms with E-state index in [2.05, 4.69) is 15.4 Å². The van der Waals surface area contributed by atoms with E-state index in [0.717, 1.165) is 16.9 Å². The quantitative estimate of drug-likeness (QED) is 0.698. The molecule has 0 bridgehead atoms. The van der Waals surface area contributed by atoms with Crippen LogP contribution in [0, 0.1) is 6.92 Å². The Morgan fingerprint density at radius 3 is 2.74 bits per heavy atom. The highest BCUT2D eigenvalue weighted by atomic mass is 35.5. The second-order valence-electron chi connectivity index (χ2n) is 6.39. The van der Waals surface area contributed by atoms with Crippen LogP contribution in [0.15, 0.2) is 48.8 Å². The summed E-state index contributed by atoms with van der Waals surface area (Å²) >= 11 is 6.04. The van der Waals surface area contributed by atoms with E-state index in [1.54, 1.807) is 35.3 Å². The number of nitrogens with one attached hydrogen (secondary N) is 1. The lowest BCUT2D eigenvalue weighted by Crippen LogP contribution is -2.23. The van der Waals surface area contributed by atoms with Gasteiger partial charge in [0, 0.05) is 23.8 Å². The Kier molecular flexibility index (Phi) is 5.76. The summed E-state index contributed by atoms with van der Waals surface area (Å²) < 4.78 is 7.21. The highest BCUT2D eigenvalue weighted by molar-refractivity contribution is 6.30. The minimum Gasteiger partial charge on any atom is -0.475 e. The molecule has 1 N–H and O–H groups in total. The fourth-order valence-electron chi connectivity index (χ4n) is 2.60. The van der Waals surface area contributed by atoms with Crippen molar-refractivity contribution >= 4 is 17.5 Å². The molecule has 2 aromatic heterocycles. The van der Waals surface area contributed by atoms with Crippen molar-refractivity contribution in [2.45, 2.75) is 33.4 Å². The van der Waals surface area contributed by atoms with Crippen molar-refractivity contribution in [3.8, 4) is 11.6 Å². The summed E-state index contributed by atoms with van der Waals surface area (Å²) in [6.07, 6.45) is 3.32. The van der Waals surface area contributed by atoms with Crippen molar-refractivity contribution in [3.05, 3.63) is 70.6 Å². The summed E-state index contributed by atoms with van der Waals surface area (Å²) in [7, 11) is 0. The zero-order valence-corrected chi connectivity index (χ0v) is 16.2. The maximum absolute atomic E-state index is 12.5. The average molecular weight is 385 g/mol. The first-order chi connectivity index (χ1) is 12.9. The maximum atomic E-state index is 12.5. The lowest BCUT2D eigenvalue weighted by atomic mass is 10.2. The van der Waals surface area contributed by atoms with E-state index in [1.165, 1.54) is 0 Å². The fraction of sp³-hybridized carbons (Fsp3) is 0.250. The standard InChI is InChI=1S/C20H21ClN4O2/c1-13(2)27-19-8-7-15(10-22-19)11-23-20(26)18-12-24-25(14(18)3)17-6-4-5-16(21)9-17/h4-10,12-13H,11H2,1-3H3,(H,23,26). The number of benzene rings is 1. The third-order valence-corrected chi connectivity index (χ3v) is 4.15. The molecule has 0 unspecified atom stereocenters. The number of amides is 1. The first-order valence-corrected chi connectivity index (χ1v) is 9.02. The van der Waals surface area contributed by atoms with Gasteiger partial charge in [0.15, 0.2) is 0 Å². The van der Waals surface area contributed by atoms with Crippen LogP contribution in [0.5, 0.6) is 5.88 Å². The summed E-state index contributed by atoms with van der Waals surface area (Å²) in [5.41, 5.74) is 2.96. The van der Waals surface area contributed by atoms with Crippen molar-refractivity contribution in [1.29, 1.82) is 0 Å². The Morgan fingerprint density at radius 1 is 1.26 bits per heavy atom. The van der Waals surface area contributed by atoms with E-state index < -0.39 is 0 Å². The average Bonchev–Trinajstić information content (AvgIpc) is 3.02. The molecule has 0 aliphatic carbocycles. The molecule has 0 atom stereocenters. The molecule has 140 valence electrons. The number of carbonyl (C=O) groups is 1. The van der Waals surface area contributed by atoms with Gasteiger partial charge in [-0.1, -0.05) is 23.7 Å². The Hall–Kier alpha value is -2.86. The van der Waals surface area contributed by atoms with Crippen molar-refractivity contribution in [2.24, 2.45) is 0 Å². The summed E-state index contributed by atoms with van der Waals surface area (Å²) in [6.45, 7) is 6.11. The van der Waals surface area contributed by atoms with E-state index in [-0.39, 0.29) is 12.0 Å². The Balaban J connectivity index is 1.66. The van der Waals surface area contributed by atoms with Gasteiger partial charge in [0.25, 0.3) is 5.91 Å². The van der Waals surface area contributed by atoms with Gasteiger partial charge in [-0.3, -0.25) is 4.79 Å². The molecule has 7 heteroatoms. The summed E-state index contributed by atoms with van der Waals surface area (Å²) in [4.78, 5) is 16.8. The lowest BCUT2D eigenvalue weighted by Gasteiger charge is -2.09. The zero-order chi connectivity index (χ0) is 19.4. The van der Waals surface area contributed by atoms with Gasteiger partial charge in [0.2, 0.25) is 5.88 Å². The minimum absolute atomic E-state index is 0.0714. The summed E-state index contributed by atoms with van der Waals surface area (Å²) in [5, 5.41) is 7.82. The van der Waals surface area contributed by atoms with E-state index in [4.69, 9.17) is 16.3 Å². The third-order valence-electron chi connectivity index (χ3n) is 3.91. The molecule has 0 aliphatic rings. The van der Waals surface area contributed by atoms with Crippen LogP contribution in [0.2, 0.25) is 5.02 Å². The molecular weight excluding hydrogens is 364 g/mol. The van der Waals surface area contributed by atoms with Gasteiger partial charge in [0.1, 0.15) is 0 Å². The van der Waals surface area contributed by atoms with Crippen LogP contribution in [-0.2, 0) is 6.54 Å². The first kappa shape index (κ1) is 18.9. The predicted octanol–water partition coefficient (Wildman–Crippen LogP) is 3.95. The Labute approximate surface area is 163 Å². The molecule has 3 rings (SSSR count). The largest absolute Gasteiger partial charge is 0.475 e. The van der Waals surface area contributed by atoms with Crippen molar-refractivity contribution in [3.63, 3.8) is 0 Å². The molecule has 2 heterocycles. The third kappa shape index (κ3) is 4.65. The Bertz CT molecular complexity index is 935. The van der Waals surface area contributed by atoms with Crippen molar-refractivity contribution in [2.75, 3.05) is 0 Å². The van der Waals surface area contributed by atoms with E-state index in [1.807, 2.05) is 39.0 Å². The van der Waals surface area contributed by atoms with Crippen LogP contribution in [0.4, 0.5) is 0 Å². The first-order valence-electron chi connectivity index (χ1n) is 8.64. The highest BCUT2D eigenvalue weighted by Crippen LogP contribution is 2.18. The number of carbonyl (C=O) groups excluding carboxylic acids is 1. The van der Waals surface area contributed by atoms with E-state index in [9.17, 15) is 4.79 Å². The van der Waals surface area contributed by atoms with Crippen LogP contribution >= 0.6 is 11.6 Å². The van der Waals surface area contributed by atoms with Gasteiger partial charge in [-0.2, -0.15) is 5.10 Å². The number of rotatable bonds is 6. The molecule has 1 amide bonds. The van der Waals surface area contributed by atoms with Crippen molar-refractivity contribution in [1.82, 2.24) is 20.1 Å². The number of nitrogens with zero attached hydrogens (tertiary/aromatic N) is 3. The number of ether oxygens (including phenoxy) is 1.